The SMILES string of the molecule is Cc1cc(-c2nnco2)ccc1NCc1ccc(C#N)o1. The van der Waals surface area contributed by atoms with Crippen LogP contribution in [-0.2, 0) is 6.54 Å². The molecule has 0 saturated carbocycles. The van der Waals surface area contributed by atoms with Gasteiger partial charge in [0.2, 0.25) is 18.0 Å². The molecule has 0 radical (unpaired) electrons. The topological polar surface area (TPSA) is 87.9 Å². The first-order chi connectivity index (χ1) is 10.3. The number of rotatable bonds is 4. The van der Waals surface area contributed by atoms with Crippen LogP contribution in [0.25, 0.3) is 11.5 Å². The summed E-state index contributed by atoms with van der Waals surface area (Å²) in [7, 11) is 0. The Morgan fingerprint density at radius 3 is 2.86 bits per heavy atom. The van der Waals surface area contributed by atoms with E-state index in [1.165, 1.54) is 6.39 Å². The monoisotopic (exact) mass is 280 g/mol. The van der Waals surface area contributed by atoms with Crippen LogP contribution in [0.4, 0.5) is 5.69 Å². The zero-order valence-corrected chi connectivity index (χ0v) is 11.3. The number of aromatic nitrogens is 2. The minimum Gasteiger partial charge on any atom is -0.449 e. The van der Waals surface area contributed by atoms with E-state index in [2.05, 4.69) is 15.5 Å². The van der Waals surface area contributed by atoms with Crippen molar-refractivity contribution in [3.63, 3.8) is 0 Å². The molecule has 104 valence electrons. The van der Waals surface area contributed by atoms with Gasteiger partial charge in [0.1, 0.15) is 11.8 Å². The quantitative estimate of drug-likeness (QED) is 0.790. The average Bonchev–Trinajstić information content (AvgIpc) is 3.17. The summed E-state index contributed by atoms with van der Waals surface area (Å²) in [6, 6.07) is 11.2. The number of benzene rings is 1. The average molecular weight is 280 g/mol. The third-order valence-corrected chi connectivity index (χ3v) is 3.06. The molecular weight excluding hydrogens is 268 g/mol. The Morgan fingerprint density at radius 2 is 2.19 bits per heavy atom. The molecular formula is C15H12N4O2. The fraction of sp³-hybridized carbons (Fsp3) is 0.133. The van der Waals surface area contributed by atoms with Crippen LogP contribution in [0, 0.1) is 18.3 Å². The summed E-state index contributed by atoms with van der Waals surface area (Å²) in [4.78, 5) is 0. The lowest BCUT2D eigenvalue weighted by Crippen LogP contribution is -2.00. The van der Waals surface area contributed by atoms with Crippen LogP contribution >= 0.6 is 0 Å². The number of hydrogen-bond acceptors (Lipinski definition) is 6. The number of nitrogens with one attached hydrogen (secondary N) is 1. The predicted octanol–water partition coefficient (Wildman–Crippen LogP) is 3.12. The highest BCUT2D eigenvalue weighted by Crippen LogP contribution is 2.23. The van der Waals surface area contributed by atoms with Gasteiger partial charge >= 0.3 is 0 Å². The smallest absolute Gasteiger partial charge is 0.247 e. The van der Waals surface area contributed by atoms with Gasteiger partial charge in [0.15, 0.2) is 0 Å². The lowest BCUT2D eigenvalue weighted by Gasteiger charge is -2.09. The summed E-state index contributed by atoms with van der Waals surface area (Å²) in [6.45, 7) is 2.51. The molecule has 1 N–H and O–H groups in total. The van der Waals surface area contributed by atoms with Gasteiger partial charge in [-0.15, -0.1) is 10.2 Å². The molecule has 0 aliphatic heterocycles. The molecule has 6 nitrogen and oxygen atoms in total. The lowest BCUT2D eigenvalue weighted by atomic mass is 10.1. The van der Waals surface area contributed by atoms with Crippen molar-refractivity contribution in [1.29, 1.82) is 5.26 Å². The van der Waals surface area contributed by atoms with Crippen molar-refractivity contribution in [1.82, 2.24) is 10.2 Å². The molecule has 2 aromatic heterocycles. The van der Waals surface area contributed by atoms with Crippen LogP contribution in [0.2, 0.25) is 0 Å². The number of aryl methyl sites for hydroxylation is 1. The lowest BCUT2D eigenvalue weighted by molar-refractivity contribution is 0.506. The first kappa shape index (κ1) is 12.9. The van der Waals surface area contributed by atoms with Gasteiger partial charge in [0, 0.05) is 11.3 Å². The van der Waals surface area contributed by atoms with Crippen molar-refractivity contribution in [3.8, 4) is 17.5 Å². The number of nitriles is 1. The summed E-state index contributed by atoms with van der Waals surface area (Å²) in [5.41, 5.74) is 2.91. The van der Waals surface area contributed by atoms with E-state index in [-0.39, 0.29) is 0 Å². The van der Waals surface area contributed by atoms with E-state index in [9.17, 15) is 0 Å². The zero-order valence-electron chi connectivity index (χ0n) is 11.3. The molecule has 0 unspecified atom stereocenters. The highest BCUT2D eigenvalue weighted by molar-refractivity contribution is 5.62. The molecule has 0 spiro atoms. The van der Waals surface area contributed by atoms with Crippen molar-refractivity contribution in [3.05, 3.63) is 53.8 Å². The molecule has 6 heteroatoms. The Labute approximate surface area is 121 Å². The first-order valence-electron chi connectivity index (χ1n) is 6.36. The van der Waals surface area contributed by atoms with Gasteiger partial charge in [-0.05, 0) is 42.8 Å². The second-order valence-electron chi connectivity index (χ2n) is 4.50. The van der Waals surface area contributed by atoms with Crippen molar-refractivity contribution >= 4 is 5.69 Å². The van der Waals surface area contributed by atoms with Gasteiger partial charge in [-0.25, -0.2) is 0 Å². The minimum atomic E-state index is 0.315. The van der Waals surface area contributed by atoms with Crippen molar-refractivity contribution < 1.29 is 8.83 Å². The van der Waals surface area contributed by atoms with Crippen molar-refractivity contribution in [2.45, 2.75) is 13.5 Å². The molecule has 2 heterocycles. The fourth-order valence-corrected chi connectivity index (χ4v) is 2.01. The Morgan fingerprint density at radius 1 is 1.29 bits per heavy atom. The maximum atomic E-state index is 8.72. The standard InChI is InChI=1S/C15H12N4O2/c1-10-6-11(15-19-18-9-20-15)2-5-14(10)17-8-13-4-3-12(7-16)21-13/h2-6,9,17H,8H2,1H3. The van der Waals surface area contributed by atoms with Gasteiger partial charge < -0.3 is 14.2 Å². The van der Waals surface area contributed by atoms with E-state index in [0.29, 0.717) is 24.0 Å². The molecule has 0 aliphatic carbocycles. The van der Waals surface area contributed by atoms with Crippen LogP contribution in [0.5, 0.6) is 0 Å². The number of anilines is 1. The molecule has 0 saturated heterocycles. The molecule has 3 rings (SSSR count). The number of hydrogen-bond donors (Lipinski definition) is 1. The predicted molar refractivity (Wildman–Crippen MR) is 75.2 cm³/mol. The van der Waals surface area contributed by atoms with Crippen LogP contribution in [0.3, 0.4) is 0 Å². The number of furan rings is 1. The van der Waals surface area contributed by atoms with Crippen LogP contribution in [-0.4, -0.2) is 10.2 Å². The Balaban J connectivity index is 1.73. The van der Waals surface area contributed by atoms with E-state index in [1.807, 2.05) is 31.2 Å². The molecule has 1 aromatic carbocycles. The van der Waals surface area contributed by atoms with Gasteiger partial charge in [0.05, 0.1) is 6.54 Å². The molecule has 0 bridgehead atoms. The second kappa shape index (κ2) is 5.51. The molecule has 0 fully saturated rings. The van der Waals surface area contributed by atoms with Crippen molar-refractivity contribution in [2.75, 3.05) is 5.32 Å². The largest absolute Gasteiger partial charge is 0.449 e. The highest BCUT2D eigenvalue weighted by atomic mass is 16.4. The number of nitrogens with zero attached hydrogens (tertiary/aromatic N) is 3. The summed E-state index contributed by atoms with van der Waals surface area (Å²) in [5.74, 6) is 1.52. The van der Waals surface area contributed by atoms with Gasteiger partial charge in [-0.1, -0.05) is 0 Å². The molecule has 3 aromatic rings. The Hall–Kier alpha value is -3.07. The molecule has 0 amide bonds. The van der Waals surface area contributed by atoms with E-state index in [4.69, 9.17) is 14.1 Å². The minimum absolute atomic E-state index is 0.315. The molecule has 0 atom stereocenters. The summed E-state index contributed by atoms with van der Waals surface area (Å²) in [5, 5.41) is 19.5. The third-order valence-electron chi connectivity index (χ3n) is 3.06. The van der Waals surface area contributed by atoms with Gasteiger partial charge in [-0.3, -0.25) is 0 Å². The maximum absolute atomic E-state index is 8.72. The zero-order chi connectivity index (χ0) is 14.7. The molecule has 21 heavy (non-hydrogen) atoms. The van der Waals surface area contributed by atoms with E-state index in [1.54, 1.807) is 12.1 Å². The summed E-state index contributed by atoms with van der Waals surface area (Å²) < 4.78 is 10.5. The van der Waals surface area contributed by atoms with E-state index in [0.717, 1.165) is 16.8 Å². The van der Waals surface area contributed by atoms with Gasteiger partial charge in [0.25, 0.3) is 0 Å². The van der Waals surface area contributed by atoms with E-state index >= 15 is 0 Å². The van der Waals surface area contributed by atoms with Crippen LogP contribution in [0.15, 0.2) is 45.6 Å². The third kappa shape index (κ3) is 2.77. The van der Waals surface area contributed by atoms with E-state index < -0.39 is 0 Å². The molecule has 0 aliphatic rings. The van der Waals surface area contributed by atoms with Crippen LogP contribution in [0.1, 0.15) is 17.1 Å². The fourth-order valence-electron chi connectivity index (χ4n) is 2.01. The maximum Gasteiger partial charge on any atom is 0.247 e. The van der Waals surface area contributed by atoms with Gasteiger partial charge in [-0.2, -0.15) is 5.26 Å². The second-order valence-corrected chi connectivity index (χ2v) is 4.50. The first-order valence-corrected chi connectivity index (χ1v) is 6.36. The highest BCUT2D eigenvalue weighted by Gasteiger charge is 2.07. The summed E-state index contributed by atoms with van der Waals surface area (Å²) in [6.07, 6.45) is 1.31. The van der Waals surface area contributed by atoms with Crippen LogP contribution < -0.4 is 5.32 Å². The Kier molecular flexibility index (Phi) is 3.39. The summed E-state index contributed by atoms with van der Waals surface area (Å²) >= 11 is 0. The Bertz CT molecular complexity index is 784. The normalized spacial score (nSPS) is 10.3. The van der Waals surface area contributed by atoms with Crippen molar-refractivity contribution in [2.24, 2.45) is 0 Å².